The fourth-order valence-corrected chi connectivity index (χ4v) is 2.99. The number of carbonyl (C=O) groups is 1. The van der Waals surface area contributed by atoms with Gasteiger partial charge in [-0.1, -0.05) is 24.1 Å². The monoisotopic (exact) mass is 368 g/mol. The predicted molar refractivity (Wildman–Crippen MR) is 109 cm³/mol. The molecule has 1 amide bonds. The Kier molecular flexibility index (Phi) is 4.26. The number of nitrogens with one attached hydrogen (secondary N) is 2. The van der Waals surface area contributed by atoms with Gasteiger partial charge in [0.25, 0.3) is 5.91 Å². The number of rotatable bonds is 3. The van der Waals surface area contributed by atoms with Gasteiger partial charge in [-0.3, -0.25) is 14.3 Å². The van der Waals surface area contributed by atoms with Gasteiger partial charge in [-0.25, -0.2) is 9.78 Å². The van der Waals surface area contributed by atoms with Gasteiger partial charge in [-0.2, -0.15) is 0 Å². The van der Waals surface area contributed by atoms with Crippen LogP contribution < -0.4 is 11.0 Å². The molecule has 0 fully saturated rings. The standard InChI is InChI=1S/C22H16N4O2/c1-3-14-6-4-9-18(10-14)24-21(27)16-8-5-7-15(11-16)17-12-19-20(23-13-17)25-22(28)26(19)2/h1,4-13H,2H3,(H,24,27)(H,23,25,28). The van der Waals surface area contributed by atoms with Gasteiger partial charge in [0.05, 0.1) is 5.52 Å². The van der Waals surface area contributed by atoms with Gasteiger partial charge in [-0.15, -0.1) is 6.42 Å². The smallest absolute Gasteiger partial charge is 0.322 e. The number of aromatic nitrogens is 3. The van der Waals surface area contributed by atoms with Crippen molar-refractivity contribution in [2.24, 2.45) is 7.05 Å². The van der Waals surface area contributed by atoms with Gasteiger partial charge in [0.1, 0.15) is 0 Å². The van der Waals surface area contributed by atoms with E-state index in [2.05, 4.69) is 21.2 Å². The van der Waals surface area contributed by atoms with Crippen LogP contribution in [0.25, 0.3) is 22.3 Å². The van der Waals surface area contributed by atoms with E-state index >= 15 is 0 Å². The van der Waals surface area contributed by atoms with Crippen LogP contribution in [-0.4, -0.2) is 20.4 Å². The first-order valence-corrected chi connectivity index (χ1v) is 8.58. The molecule has 2 N–H and O–H groups in total. The minimum atomic E-state index is -0.237. The quantitative estimate of drug-likeness (QED) is 0.545. The second-order valence-corrected chi connectivity index (χ2v) is 6.34. The third-order valence-electron chi connectivity index (χ3n) is 4.50. The van der Waals surface area contributed by atoms with E-state index in [4.69, 9.17) is 6.42 Å². The normalized spacial score (nSPS) is 10.6. The van der Waals surface area contributed by atoms with Gasteiger partial charge in [-0.05, 0) is 42.0 Å². The number of hydrogen-bond acceptors (Lipinski definition) is 3. The number of aromatic amines is 1. The lowest BCUT2D eigenvalue weighted by Gasteiger charge is -2.08. The minimum Gasteiger partial charge on any atom is -0.322 e. The average molecular weight is 368 g/mol. The maximum atomic E-state index is 12.6. The molecule has 0 saturated heterocycles. The zero-order valence-corrected chi connectivity index (χ0v) is 15.1. The molecule has 4 aromatic rings. The highest BCUT2D eigenvalue weighted by Crippen LogP contribution is 2.23. The number of anilines is 1. The number of pyridine rings is 1. The summed E-state index contributed by atoms with van der Waals surface area (Å²) < 4.78 is 1.50. The second kappa shape index (κ2) is 6.89. The number of amides is 1. The summed E-state index contributed by atoms with van der Waals surface area (Å²) in [5.74, 6) is 2.31. The van der Waals surface area contributed by atoms with Crippen LogP contribution >= 0.6 is 0 Å². The lowest BCUT2D eigenvalue weighted by molar-refractivity contribution is 0.102. The van der Waals surface area contributed by atoms with E-state index in [1.54, 1.807) is 49.6 Å². The molecule has 0 aliphatic rings. The zero-order chi connectivity index (χ0) is 19.7. The first-order chi connectivity index (χ1) is 13.5. The molecule has 6 heteroatoms. The Bertz CT molecular complexity index is 1310. The molecule has 0 aliphatic carbocycles. The van der Waals surface area contributed by atoms with Crippen LogP contribution in [-0.2, 0) is 7.05 Å². The molecule has 0 atom stereocenters. The van der Waals surface area contributed by atoms with Crippen molar-refractivity contribution in [3.05, 3.63) is 82.4 Å². The summed E-state index contributed by atoms with van der Waals surface area (Å²) in [6, 6.07) is 16.2. The van der Waals surface area contributed by atoms with Crippen LogP contribution in [0.5, 0.6) is 0 Å². The molecule has 2 aromatic heterocycles. The summed E-state index contributed by atoms with van der Waals surface area (Å²) in [6.45, 7) is 0. The Morgan fingerprint density at radius 1 is 1.14 bits per heavy atom. The average Bonchev–Trinajstić information content (AvgIpc) is 3.01. The van der Waals surface area contributed by atoms with E-state index in [9.17, 15) is 9.59 Å². The maximum Gasteiger partial charge on any atom is 0.327 e. The number of benzene rings is 2. The van der Waals surface area contributed by atoms with Crippen LogP contribution in [0.3, 0.4) is 0 Å². The Hall–Kier alpha value is -4.11. The van der Waals surface area contributed by atoms with Crippen molar-refractivity contribution in [3.8, 4) is 23.5 Å². The largest absolute Gasteiger partial charge is 0.327 e. The van der Waals surface area contributed by atoms with E-state index < -0.39 is 0 Å². The Labute approximate surface area is 160 Å². The van der Waals surface area contributed by atoms with Gasteiger partial charge >= 0.3 is 5.69 Å². The van der Waals surface area contributed by atoms with Crippen LogP contribution in [0.2, 0.25) is 0 Å². The summed E-state index contributed by atoms with van der Waals surface area (Å²) in [6.07, 6.45) is 7.08. The van der Waals surface area contributed by atoms with E-state index in [-0.39, 0.29) is 11.6 Å². The van der Waals surface area contributed by atoms with E-state index in [0.717, 1.165) is 11.1 Å². The zero-order valence-electron chi connectivity index (χ0n) is 15.1. The topological polar surface area (TPSA) is 79.8 Å². The second-order valence-electron chi connectivity index (χ2n) is 6.34. The molecule has 0 saturated carbocycles. The molecule has 28 heavy (non-hydrogen) atoms. The highest BCUT2D eigenvalue weighted by molar-refractivity contribution is 6.05. The molecule has 6 nitrogen and oxygen atoms in total. The number of nitrogens with zero attached hydrogens (tertiary/aromatic N) is 2. The molecule has 0 radical (unpaired) electrons. The molecule has 136 valence electrons. The predicted octanol–water partition coefficient (Wildman–Crippen LogP) is 3.16. The number of carbonyl (C=O) groups excluding carboxylic acids is 1. The Morgan fingerprint density at radius 2 is 1.96 bits per heavy atom. The van der Waals surface area contributed by atoms with Crippen molar-refractivity contribution in [2.75, 3.05) is 5.32 Å². The number of H-pyrrole nitrogens is 1. The SMILES string of the molecule is C#Cc1cccc(NC(=O)c2cccc(-c3cnc4[nH]c(=O)n(C)c4c3)c2)c1. The molecule has 0 unspecified atom stereocenters. The highest BCUT2D eigenvalue weighted by atomic mass is 16.2. The van der Waals surface area contributed by atoms with Crippen LogP contribution in [0.1, 0.15) is 15.9 Å². The van der Waals surface area contributed by atoms with Crippen LogP contribution in [0, 0.1) is 12.3 Å². The van der Waals surface area contributed by atoms with Crippen molar-refractivity contribution in [3.63, 3.8) is 0 Å². The van der Waals surface area contributed by atoms with Crippen molar-refractivity contribution in [1.82, 2.24) is 14.5 Å². The third kappa shape index (κ3) is 3.17. The number of hydrogen-bond donors (Lipinski definition) is 2. The molecular weight excluding hydrogens is 352 g/mol. The van der Waals surface area contributed by atoms with Gasteiger partial charge in [0, 0.05) is 35.6 Å². The van der Waals surface area contributed by atoms with Crippen molar-refractivity contribution >= 4 is 22.8 Å². The maximum absolute atomic E-state index is 12.6. The van der Waals surface area contributed by atoms with Gasteiger partial charge in [0.2, 0.25) is 0 Å². The lowest BCUT2D eigenvalue weighted by Crippen LogP contribution is -2.12. The summed E-state index contributed by atoms with van der Waals surface area (Å²) in [4.78, 5) is 31.4. The third-order valence-corrected chi connectivity index (χ3v) is 4.50. The first-order valence-electron chi connectivity index (χ1n) is 8.58. The Morgan fingerprint density at radius 3 is 2.79 bits per heavy atom. The van der Waals surface area contributed by atoms with E-state index in [1.807, 2.05) is 18.2 Å². The van der Waals surface area contributed by atoms with Crippen molar-refractivity contribution < 1.29 is 4.79 Å². The van der Waals surface area contributed by atoms with Gasteiger partial charge < -0.3 is 5.32 Å². The summed E-state index contributed by atoms with van der Waals surface area (Å²) >= 11 is 0. The molecule has 2 heterocycles. The fourth-order valence-electron chi connectivity index (χ4n) is 2.99. The van der Waals surface area contributed by atoms with Crippen molar-refractivity contribution in [1.29, 1.82) is 0 Å². The summed E-state index contributed by atoms with van der Waals surface area (Å²) in [7, 11) is 1.68. The summed E-state index contributed by atoms with van der Waals surface area (Å²) in [5, 5.41) is 2.85. The molecule has 0 bridgehead atoms. The highest BCUT2D eigenvalue weighted by Gasteiger charge is 2.10. The number of fused-ring (bicyclic) bond motifs is 1. The Balaban J connectivity index is 1.66. The van der Waals surface area contributed by atoms with Gasteiger partial charge in [0.15, 0.2) is 5.65 Å². The lowest BCUT2D eigenvalue weighted by atomic mass is 10.0. The fraction of sp³-hybridized carbons (Fsp3) is 0.0455. The molecule has 2 aromatic carbocycles. The number of aryl methyl sites for hydroxylation is 1. The van der Waals surface area contributed by atoms with Crippen LogP contribution in [0.4, 0.5) is 5.69 Å². The molecule has 4 rings (SSSR count). The number of terminal acetylenes is 1. The molecule has 0 spiro atoms. The first kappa shape index (κ1) is 17.3. The molecular formula is C22H16N4O2. The van der Waals surface area contributed by atoms with E-state index in [0.29, 0.717) is 28.0 Å². The summed E-state index contributed by atoms with van der Waals surface area (Å²) in [5.41, 5.74) is 4.48. The van der Waals surface area contributed by atoms with Crippen LogP contribution in [0.15, 0.2) is 65.6 Å². The number of imidazole rings is 1. The molecule has 0 aliphatic heterocycles. The van der Waals surface area contributed by atoms with E-state index in [1.165, 1.54) is 4.57 Å². The van der Waals surface area contributed by atoms with Crippen molar-refractivity contribution in [2.45, 2.75) is 0 Å². The minimum absolute atomic E-state index is 0.220.